The first kappa shape index (κ1) is 16.2. The molecule has 22 heavy (non-hydrogen) atoms. The standard InChI is InChI=1S/C13H17ClN2O4S2/c14-11-3-4-12(21-11)22(18,19)16-7-5-15(6-8-16)13(17)10-2-1-9-20-10/h3-4,10H,1-2,5-9H2/t10-/m1/s1. The number of carbonyl (C=O) groups is 1. The molecule has 1 atom stereocenters. The largest absolute Gasteiger partial charge is 0.368 e. The maximum absolute atomic E-state index is 12.5. The van der Waals surface area contributed by atoms with Gasteiger partial charge in [0, 0.05) is 32.8 Å². The van der Waals surface area contributed by atoms with E-state index in [-0.39, 0.29) is 16.2 Å². The topological polar surface area (TPSA) is 66.9 Å². The molecule has 2 aliphatic heterocycles. The molecule has 3 heterocycles. The van der Waals surface area contributed by atoms with Crippen molar-refractivity contribution in [2.75, 3.05) is 32.8 Å². The Morgan fingerprint density at radius 2 is 2.00 bits per heavy atom. The van der Waals surface area contributed by atoms with Crippen molar-refractivity contribution < 1.29 is 17.9 Å². The van der Waals surface area contributed by atoms with E-state index in [4.69, 9.17) is 16.3 Å². The molecule has 6 nitrogen and oxygen atoms in total. The first-order chi connectivity index (χ1) is 10.5. The molecule has 9 heteroatoms. The molecule has 0 saturated carbocycles. The fourth-order valence-electron chi connectivity index (χ4n) is 2.69. The lowest BCUT2D eigenvalue weighted by Crippen LogP contribution is -2.52. The maximum atomic E-state index is 12.5. The minimum atomic E-state index is -3.51. The Labute approximate surface area is 138 Å². The molecule has 122 valence electrons. The van der Waals surface area contributed by atoms with Crippen LogP contribution in [-0.4, -0.2) is 62.4 Å². The van der Waals surface area contributed by atoms with Gasteiger partial charge in [-0.3, -0.25) is 4.79 Å². The van der Waals surface area contributed by atoms with Crippen LogP contribution in [-0.2, 0) is 19.6 Å². The summed E-state index contributed by atoms with van der Waals surface area (Å²) in [6.45, 7) is 2.03. The van der Waals surface area contributed by atoms with Gasteiger partial charge in [0.2, 0.25) is 0 Å². The van der Waals surface area contributed by atoms with Crippen molar-refractivity contribution in [2.45, 2.75) is 23.2 Å². The number of rotatable bonds is 3. The van der Waals surface area contributed by atoms with Crippen molar-refractivity contribution in [2.24, 2.45) is 0 Å². The number of piperazine rings is 1. The highest BCUT2D eigenvalue weighted by molar-refractivity contribution is 7.91. The second-order valence-corrected chi connectivity index (χ2v) is 9.17. The molecule has 1 aromatic rings. The Balaban J connectivity index is 1.63. The molecule has 0 bridgehead atoms. The summed E-state index contributed by atoms with van der Waals surface area (Å²) in [6.07, 6.45) is 1.31. The zero-order valence-electron chi connectivity index (χ0n) is 11.9. The van der Waals surface area contributed by atoms with Crippen LogP contribution in [0.2, 0.25) is 4.34 Å². The minimum Gasteiger partial charge on any atom is -0.368 e. The van der Waals surface area contributed by atoms with Gasteiger partial charge in [0.15, 0.2) is 0 Å². The van der Waals surface area contributed by atoms with Crippen LogP contribution >= 0.6 is 22.9 Å². The van der Waals surface area contributed by atoms with E-state index in [1.165, 1.54) is 10.4 Å². The molecule has 0 spiro atoms. The summed E-state index contributed by atoms with van der Waals surface area (Å²) in [6, 6.07) is 3.10. The van der Waals surface area contributed by atoms with E-state index in [0.717, 1.165) is 24.2 Å². The fraction of sp³-hybridized carbons (Fsp3) is 0.615. The molecule has 2 saturated heterocycles. The Bertz CT molecular complexity index is 647. The van der Waals surface area contributed by atoms with Gasteiger partial charge in [0.1, 0.15) is 10.3 Å². The number of amides is 1. The van der Waals surface area contributed by atoms with E-state index in [1.54, 1.807) is 11.0 Å². The summed E-state index contributed by atoms with van der Waals surface area (Å²) >= 11 is 6.86. The molecular weight excluding hydrogens is 348 g/mol. The van der Waals surface area contributed by atoms with E-state index in [9.17, 15) is 13.2 Å². The zero-order chi connectivity index (χ0) is 15.7. The lowest BCUT2D eigenvalue weighted by molar-refractivity contribution is -0.142. The average molecular weight is 365 g/mol. The number of hydrogen-bond donors (Lipinski definition) is 0. The van der Waals surface area contributed by atoms with Crippen molar-refractivity contribution in [1.82, 2.24) is 9.21 Å². The van der Waals surface area contributed by atoms with Crippen molar-refractivity contribution >= 4 is 38.9 Å². The van der Waals surface area contributed by atoms with E-state index >= 15 is 0 Å². The third-order valence-electron chi connectivity index (χ3n) is 3.90. The monoisotopic (exact) mass is 364 g/mol. The second-order valence-electron chi connectivity index (χ2n) is 5.29. The lowest BCUT2D eigenvalue weighted by Gasteiger charge is -2.34. The molecule has 0 radical (unpaired) electrons. The van der Waals surface area contributed by atoms with Crippen LogP contribution < -0.4 is 0 Å². The van der Waals surface area contributed by atoms with Crippen LogP contribution in [0.3, 0.4) is 0 Å². The van der Waals surface area contributed by atoms with Gasteiger partial charge in [0.25, 0.3) is 15.9 Å². The summed E-state index contributed by atoms with van der Waals surface area (Å²) in [7, 11) is -3.51. The summed E-state index contributed by atoms with van der Waals surface area (Å²) in [5, 5.41) is 0. The number of thiophene rings is 1. The van der Waals surface area contributed by atoms with Crippen molar-refractivity contribution in [3.05, 3.63) is 16.5 Å². The SMILES string of the molecule is O=C([C@H]1CCCO1)N1CCN(S(=O)(=O)c2ccc(Cl)s2)CC1. The molecule has 1 aromatic heterocycles. The van der Waals surface area contributed by atoms with Crippen LogP contribution in [0.1, 0.15) is 12.8 Å². The van der Waals surface area contributed by atoms with Crippen LogP contribution in [0, 0.1) is 0 Å². The first-order valence-corrected chi connectivity index (χ1v) is 9.78. The van der Waals surface area contributed by atoms with Gasteiger partial charge < -0.3 is 9.64 Å². The zero-order valence-corrected chi connectivity index (χ0v) is 14.3. The molecule has 0 aromatic carbocycles. The summed E-state index contributed by atoms with van der Waals surface area (Å²) in [5.74, 6) is -0.0197. The van der Waals surface area contributed by atoms with Crippen molar-refractivity contribution in [3.8, 4) is 0 Å². The van der Waals surface area contributed by atoms with Crippen molar-refractivity contribution in [1.29, 1.82) is 0 Å². The van der Waals surface area contributed by atoms with Crippen LogP contribution in [0.4, 0.5) is 0 Å². The Morgan fingerprint density at radius 1 is 1.27 bits per heavy atom. The van der Waals surface area contributed by atoms with Crippen molar-refractivity contribution in [3.63, 3.8) is 0 Å². The average Bonchev–Trinajstić information content (AvgIpc) is 3.18. The fourth-order valence-corrected chi connectivity index (χ4v) is 5.75. The van der Waals surface area contributed by atoms with Gasteiger partial charge in [0.05, 0.1) is 4.34 Å². The highest BCUT2D eigenvalue weighted by Crippen LogP contribution is 2.28. The number of sulfonamides is 1. The lowest BCUT2D eigenvalue weighted by atomic mass is 10.2. The Hall–Kier alpha value is -0.670. The van der Waals surface area contributed by atoms with Gasteiger partial charge in [-0.2, -0.15) is 4.31 Å². The number of nitrogens with zero attached hydrogens (tertiary/aromatic N) is 2. The normalized spacial score (nSPS) is 23.9. The number of carbonyl (C=O) groups excluding carboxylic acids is 1. The third kappa shape index (κ3) is 3.16. The number of ether oxygens (including phenoxy) is 1. The van der Waals surface area contributed by atoms with Crippen LogP contribution in [0.5, 0.6) is 0 Å². The highest BCUT2D eigenvalue weighted by atomic mass is 35.5. The molecule has 0 aliphatic carbocycles. The minimum absolute atomic E-state index is 0.0197. The number of hydrogen-bond acceptors (Lipinski definition) is 5. The molecule has 0 unspecified atom stereocenters. The van der Waals surface area contributed by atoms with Gasteiger partial charge in [-0.15, -0.1) is 11.3 Å². The smallest absolute Gasteiger partial charge is 0.252 e. The van der Waals surface area contributed by atoms with E-state index in [2.05, 4.69) is 0 Å². The van der Waals surface area contributed by atoms with E-state index < -0.39 is 10.0 Å². The molecule has 2 fully saturated rings. The third-order valence-corrected chi connectivity index (χ3v) is 7.50. The number of halogens is 1. The second kappa shape index (κ2) is 6.45. The van der Waals surface area contributed by atoms with E-state index in [1.807, 2.05) is 0 Å². The predicted molar refractivity (Wildman–Crippen MR) is 83.6 cm³/mol. The van der Waals surface area contributed by atoms with Gasteiger partial charge >= 0.3 is 0 Å². The summed E-state index contributed by atoms with van der Waals surface area (Å²) < 4.78 is 32.5. The van der Waals surface area contributed by atoms with Crippen LogP contribution in [0.15, 0.2) is 16.3 Å². The molecular formula is C13H17ClN2O4S2. The first-order valence-electron chi connectivity index (χ1n) is 7.14. The molecule has 1 amide bonds. The van der Waals surface area contributed by atoms with Gasteiger partial charge in [-0.25, -0.2) is 8.42 Å². The molecule has 2 aliphatic rings. The highest BCUT2D eigenvalue weighted by Gasteiger charge is 2.34. The van der Waals surface area contributed by atoms with Gasteiger partial charge in [-0.05, 0) is 25.0 Å². The quantitative estimate of drug-likeness (QED) is 0.813. The van der Waals surface area contributed by atoms with E-state index in [0.29, 0.717) is 37.1 Å². The van der Waals surface area contributed by atoms with Crippen LogP contribution in [0.25, 0.3) is 0 Å². The predicted octanol–water partition coefficient (Wildman–Crippen LogP) is 1.41. The maximum Gasteiger partial charge on any atom is 0.252 e. The molecule has 3 rings (SSSR count). The van der Waals surface area contributed by atoms with Gasteiger partial charge in [-0.1, -0.05) is 11.6 Å². The summed E-state index contributed by atoms with van der Waals surface area (Å²) in [4.78, 5) is 13.9. The molecule has 0 N–H and O–H groups in total. The Kier molecular flexibility index (Phi) is 4.75. The summed E-state index contributed by atoms with van der Waals surface area (Å²) in [5.41, 5.74) is 0. The Morgan fingerprint density at radius 3 is 2.55 bits per heavy atom.